The fourth-order valence-electron chi connectivity index (χ4n) is 6.20. The molecule has 0 spiro atoms. The van der Waals surface area contributed by atoms with E-state index in [4.69, 9.17) is 0 Å². The van der Waals surface area contributed by atoms with E-state index in [1.54, 1.807) is 0 Å². The molecule has 28 heavy (non-hydrogen) atoms. The van der Waals surface area contributed by atoms with Crippen LogP contribution in [0.5, 0.6) is 0 Å². The van der Waals surface area contributed by atoms with Crippen LogP contribution in [0, 0.1) is 5.41 Å². The number of rotatable bonds is 6. The molecule has 2 unspecified atom stereocenters. The average molecular weight is 377 g/mol. The quantitative estimate of drug-likeness (QED) is 0.565. The lowest BCUT2D eigenvalue weighted by Crippen LogP contribution is -2.61. The standard InChI is InChI=1S/C26H36N2/c1-6-10-14-19-15-13-18-22-23(19)27-24-26(8-3,9-4)25(5,7-2)20-16-11-12-17-21(20)28(22)24/h11-13,15-18,24,27H,6-10,14H2,1-5H3. The highest BCUT2D eigenvalue weighted by Gasteiger charge is 2.59. The van der Waals surface area contributed by atoms with Crippen molar-refractivity contribution in [2.75, 3.05) is 10.2 Å². The van der Waals surface area contributed by atoms with Crippen LogP contribution in [0.4, 0.5) is 17.1 Å². The van der Waals surface area contributed by atoms with Crippen LogP contribution < -0.4 is 10.2 Å². The predicted octanol–water partition coefficient (Wildman–Crippen LogP) is 7.41. The van der Waals surface area contributed by atoms with E-state index >= 15 is 0 Å². The maximum Gasteiger partial charge on any atom is 0.110 e. The number of hydrogen-bond acceptors (Lipinski definition) is 2. The minimum atomic E-state index is 0.160. The number of hydrogen-bond donors (Lipinski definition) is 1. The Bertz CT molecular complexity index is 851. The van der Waals surface area contributed by atoms with Gasteiger partial charge < -0.3 is 10.2 Å². The molecular formula is C26H36N2. The summed E-state index contributed by atoms with van der Waals surface area (Å²) in [5, 5.41) is 4.06. The van der Waals surface area contributed by atoms with Gasteiger partial charge in [0.05, 0.1) is 11.4 Å². The first-order chi connectivity index (χ1) is 13.6. The molecular weight excluding hydrogens is 340 g/mol. The van der Waals surface area contributed by atoms with E-state index in [1.807, 2.05) is 0 Å². The van der Waals surface area contributed by atoms with Crippen molar-refractivity contribution in [3.05, 3.63) is 53.6 Å². The van der Waals surface area contributed by atoms with Gasteiger partial charge in [0.15, 0.2) is 0 Å². The van der Waals surface area contributed by atoms with Crippen molar-refractivity contribution < 1.29 is 0 Å². The zero-order valence-electron chi connectivity index (χ0n) is 18.3. The first kappa shape index (κ1) is 19.4. The van der Waals surface area contributed by atoms with E-state index in [2.05, 4.69) is 87.3 Å². The number of anilines is 3. The molecule has 1 N–H and O–H groups in total. The monoisotopic (exact) mass is 376 g/mol. The number of nitrogens with one attached hydrogen (secondary N) is 1. The summed E-state index contributed by atoms with van der Waals surface area (Å²) in [5.41, 5.74) is 7.49. The summed E-state index contributed by atoms with van der Waals surface area (Å²) in [6.07, 6.45) is 7.48. The molecule has 2 nitrogen and oxygen atoms in total. The Labute approximate surface area is 171 Å². The van der Waals surface area contributed by atoms with Gasteiger partial charge in [0.25, 0.3) is 0 Å². The molecule has 0 radical (unpaired) electrons. The van der Waals surface area contributed by atoms with E-state index in [0.29, 0.717) is 6.17 Å². The zero-order valence-corrected chi connectivity index (χ0v) is 18.3. The van der Waals surface area contributed by atoms with Crippen LogP contribution in [-0.4, -0.2) is 6.17 Å². The van der Waals surface area contributed by atoms with Crippen molar-refractivity contribution >= 4 is 17.1 Å². The number of nitrogens with zero attached hydrogens (tertiary/aromatic N) is 1. The second kappa shape index (κ2) is 7.13. The molecule has 0 saturated carbocycles. The SMILES string of the molecule is CCCCc1cccc2c1NC1N2c2ccccc2C(C)(CC)C1(CC)CC. The number of aryl methyl sites for hydroxylation is 1. The van der Waals surface area contributed by atoms with Gasteiger partial charge in [-0.05, 0) is 55.4 Å². The molecule has 0 saturated heterocycles. The van der Waals surface area contributed by atoms with Gasteiger partial charge in [-0.2, -0.15) is 0 Å². The van der Waals surface area contributed by atoms with E-state index in [1.165, 1.54) is 53.9 Å². The van der Waals surface area contributed by atoms with Crippen molar-refractivity contribution in [2.45, 2.75) is 84.7 Å². The molecule has 2 aliphatic rings. The van der Waals surface area contributed by atoms with Gasteiger partial charge in [-0.25, -0.2) is 0 Å². The van der Waals surface area contributed by atoms with Crippen LogP contribution >= 0.6 is 0 Å². The summed E-state index contributed by atoms with van der Waals surface area (Å²) in [6, 6.07) is 16.0. The molecule has 2 aliphatic heterocycles. The molecule has 0 bridgehead atoms. The Morgan fingerprint density at radius 2 is 1.61 bits per heavy atom. The largest absolute Gasteiger partial charge is 0.362 e. The van der Waals surface area contributed by atoms with Gasteiger partial charge in [-0.15, -0.1) is 0 Å². The van der Waals surface area contributed by atoms with Crippen LogP contribution in [-0.2, 0) is 11.8 Å². The van der Waals surface area contributed by atoms with Crippen LogP contribution in [0.15, 0.2) is 42.5 Å². The predicted molar refractivity (Wildman–Crippen MR) is 122 cm³/mol. The smallest absolute Gasteiger partial charge is 0.110 e. The Morgan fingerprint density at radius 3 is 2.29 bits per heavy atom. The van der Waals surface area contributed by atoms with Gasteiger partial charge in [-0.3, -0.25) is 0 Å². The van der Waals surface area contributed by atoms with Crippen LogP contribution in [0.3, 0.4) is 0 Å². The molecule has 4 rings (SSSR count). The summed E-state index contributed by atoms with van der Waals surface area (Å²) in [7, 11) is 0. The van der Waals surface area contributed by atoms with Crippen molar-refractivity contribution in [3.8, 4) is 0 Å². The van der Waals surface area contributed by atoms with Crippen molar-refractivity contribution in [1.82, 2.24) is 0 Å². The number of fused-ring (bicyclic) bond motifs is 5. The average Bonchev–Trinajstić information content (AvgIpc) is 3.13. The molecule has 2 aromatic carbocycles. The highest BCUT2D eigenvalue weighted by molar-refractivity contribution is 5.87. The lowest BCUT2D eigenvalue weighted by molar-refractivity contribution is 0.0771. The zero-order chi connectivity index (χ0) is 19.9. The molecule has 2 aromatic rings. The van der Waals surface area contributed by atoms with Crippen LogP contribution in [0.1, 0.15) is 77.8 Å². The second-order valence-corrected chi connectivity index (χ2v) is 8.90. The number of para-hydroxylation sites is 2. The lowest BCUT2D eigenvalue weighted by atomic mass is 9.53. The second-order valence-electron chi connectivity index (χ2n) is 8.90. The third-order valence-electron chi connectivity index (χ3n) is 8.08. The molecule has 0 aromatic heterocycles. The molecule has 2 atom stereocenters. The minimum Gasteiger partial charge on any atom is -0.362 e. The van der Waals surface area contributed by atoms with Crippen LogP contribution in [0.25, 0.3) is 0 Å². The molecule has 2 heterocycles. The Hall–Kier alpha value is -1.96. The number of unbranched alkanes of at least 4 members (excludes halogenated alkanes) is 1. The maximum atomic E-state index is 4.06. The van der Waals surface area contributed by atoms with Gasteiger partial charge in [0, 0.05) is 16.5 Å². The number of benzene rings is 2. The van der Waals surface area contributed by atoms with Crippen molar-refractivity contribution in [2.24, 2.45) is 5.41 Å². The first-order valence-corrected chi connectivity index (χ1v) is 11.3. The summed E-state index contributed by atoms with van der Waals surface area (Å²) in [5.74, 6) is 0. The fraction of sp³-hybridized carbons (Fsp3) is 0.538. The maximum absolute atomic E-state index is 4.06. The third kappa shape index (κ3) is 2.39. The van der Waals surface area contributed by atoms with E-state index < -0.39 is 0 Å². The molecule has 2 heteroatoms. The molecule has 0 amide bonds. The minimum absolute atomic E-state index is 0.160. The van der Waals surface area contributed by atoms with Crippen molar-refractivity contribution in [1.29, 1.82) is 0 Å². The highest BCUT2D eigenvalue weighted by Crippen LogP contribution is 2.63. The van der Waals surface area contributed by atoms with Crippen molar-refractivity contribution in [3.63, 3.8) is 0 Å². The first-order valence-electron chi connectivity index (χ1n) is 11.3. The van der Waals surface area contributed by atoms with E-state index in [0.717, 1.165) is 12.8 Å². The normalized spacial score (nSPS) is 24.3. The summed E-state index contributed by atoms with van der Waals surface area (Å²) in [6.45, 7) is 12.0. The molecule has 150 valence electrons. The van der Waals surface area contributed by atoms with Gasteiger partial charge in [-0.1, -0.05) is 71.4 Å². The summed E-state index contributed by atoms with van der Waals surface area (Å²) >= 11 is 0. The van der Waals surface area contributed by atoms with E-state index in [9.17, 15) is 0 Å². The summed E-state index contributed by atoms with van der Waals surface area (Å²) in [4.78, 5) is 2.63. The highest BCUT2D eigenvalue weighted by atomic mass is 15.4. The molecule has 0 fully saturated rings. The molecule has 0 aliphatic carbocycles. The van der Waals surface area contributed by atoms with Gasteiger partial charge in [0.1, 0.15) is 6.17 Å². The Kier molecular flexibility index (Phi) is 4.93. The van der Waals surface area contributed by atoms with Crippen LogP contribution in [0.2, 0.25) is 0 Å². The lowest BCUT2D eigenvalue weighted by Gasteiger charge is -2.58. The third-order valence-corrected chi connectivity index (χ3v) is 8.08. The fourth-order valence-corrected chi connectivity index (χ4v) is 6.20. The Balaban J connectivity index is 1.95. The van der Waals surface area contributed by atoms with Gasteiger partial charge in [0.2, 0.25) is 0 Å². The summed E-state index contributed by atoms with van der Waals surface area (Å²) < 4.78 is 0. The Morgan fingerprint density at radius 1 is 0.893 bits per heavy atom. The topological polar surface area (TPSA) is 15.3 Å². The van der Waals surface area contributed by atoms with Gasteiger partial charge >= 0.3 is 0 Å². The van der Waals surface area contributed by atoms with E-state index in [-0.39, 0.29) is 10.8 Å².